The van der Waals surface area contributed by atoms with Gasteiger partial charge in [0.2, 0.25) is 5.88 Å². The molecule has 3 N–H and O–H groups in total. The summed E-state index contributed by atoms with van der Waals surface area (Å²) in [6, 6.07) is 10.6. The Hall–Kier alpha value is -3.44. The molecule has 1 saturated carbocycles. The molecule has 1 atom stereocenters. The first-order valence-electron chi connectivity index (χ1n) is 10.9. The van der Waals surface area contributed by atoms with E-state index in [4.69, 9.17) is 15.7 Å². The van der Waals surface area contributed by atoms with E-state index in [1.807, 2.05) is 26.8 Å². The summed E-state index contributed by atoms with van der Waals surface area (Å²) in [4.78, 5) is 30.2. The van der Waals surface area contributed by atoms with Crippen molar-refractivity contribution >= 4 is 33.4 Å². The first-order valence-corrected chi connectivity index (χ1v) is 11.7. The fraction of sp³-hybridized carbons (Fsp3) is 0.360. The van der Waals surface area contributed by atoms with E-state index in [0.717, 1.165) is 39.9 Å². The highest BCUT2D eigenvalue weighted by molar-refractivity contribution is 7.19. The first-order chi connectivity index (χ1) is 15.7. The van der Waals surface area contributed by atoms with Gasteiger partial charge in [0.25, 0.3) is 11.8 Å². The summed E-state index contributed by atoms with van der Waals surface area (Å²) in [7, 11) is 0. The van der Waals surface area contributed by atoms with E-state index in [1.165, 1.54) is 0 Å². The number of thiophene rings is 1. The molecule has 7 nitrogen and oxygen atoms in total. The number of carbonyl (C=O) groups excluding carboxylic acids is 2. The molecule has 1 fully saturated rings. The Labute approximate surface area is 196 Å². The van der Waals surface area contributed by atoms with Crippen LogP contribution in [0.5, 0.6) is 5.88 Å². The lowest BCUT2D eigenvalue weighted by Crippen LogP contribution is -2.45. The number of nitriles is 1. The van der Waals surface area contributed by atoms with Crippen molar-refractivity contribution in [3.63, 3.8) is 0 Å². The second-order valence-corrected chi connectivity index (χ2v) is 9.96. The van der Waals surface area contributed by atoms with Crippen LogP contribution < -0.4 is 15.8 Å². The Morgan fingerprint density at radius 1 is 1.33 bits per heavy atom. The Morgan fingerprint density at radius 3 is 2.79 bits per heavy atom. The van der Waals surface area contributed by atoms with Crippen molar-refractivity contribution in [2.75, 3.05) is 0 Å². The summed E-state index contributed by atoms with van der Waals surface area (Å²) in [5.41, 5.74) is 8.77. The fourth-order valence-corrected chi connectivity index (χ4v) is 5.30. The Morgan fingerprint density at radius 2 is 2.09 bits per heavy atom. The second-order valence-electron chi connectivity index (χ2n) is 8.70. The lowest BCUT2D eigenvalue weighted by molar-refractivity contribution is 0.0847. The van der Waals surface area contributed by atoms with Gasteiger partial charge < -0.3 is 15.8 Å². The molecule has 0 spiro atoms. The number of nitrogens with zero attached hydrogens (tertiary/aromatic N) is 2. The van der Waals surface area contributed by atoms with Crippen molar-refractivity contribution < 1.29 is 14.3 Å². The smallest absolute Gasteiger partial charge is 0.254 e. The molecule has 0 saturated heterocycles. The SMILES string of the molecule is Cc1sc2cc(C(N)=O)c(O[C@@H](C)CC3CC(NC(=O)c4cccc(C#N)c4)C3)nc2c1C. The summed E-state index contributed by atoms with van der Waals surface area (Å²) in [5.74, 6) is -0.0290. The number of pyridine rings is 1. The van der Waals surface area contributed by atoms with Gasteiger partial charge in [0.1, 0.15) is 5.56 Å². The van der Waals surface area contributed by atoms with E-state index in [2.05, 4.69) is 10.3 Å². The zero-order valence-corrected chi connectivity index (χ0v) is 19.7. The van der Waals surface area contributed by atoms with Gasteiger partial charge in [-0.25, -0.2) is 4.98 Å². The molecule has 0 bridgehead atoms. The van der Waals surface area contributed by atoms with E-state index in [0.29, 0.717) is 22.6 Å². The van der Waals surface area contributed by atoms with Crippen molar-refractivity contribution in [1.29, 1.82) is 5.26 Å². The van der Waals surface area contributed by atoms with Crippen LogP contribution in [0.1, 0.15) is 62.9 Å². The summed E-state index contributed by atoms with van der Waals surface area (Å²) in [6.45, 7) is 6.00. The third kappa shape index (κ3) is 4.83. The number of fused-ring (bicyclic) bond motifs is 1. The highest BCUT2D eigenvalue weighted by Gasteiger charge is 2.32. The van der Waals surface area contributed by atoms with Gasteiger partial charge in [-0.05, 0) is 75.8 Å². The number of primary amides is 1. The van der Waals surface area contributed by atoms with Crippen LogP contribution in [0.2, 0.25) is 0 Å². The summed E-state index contributed by atoms with van der Waals surface area (Å²) in [5, 5.41) is 12.0. The molecule has 2 aromatic heterocycles. The number of nitrogens with two attached hydrogens (primary N) is 1. The van der Waals surface area contributed by atoms with Gasteiger partial charge >= 0.3 is 0 Å². The largest absolute Gasteiger partial charge is 0.474 e. The highest BCUT2D eigenvalue weighted by atomic mass is 32.1. The number of rotatable bonds is 7. The maximum absolute atomic E-state index is 12.4. The zero-order chi connectivity index (χ0) is 23.7. The third-order valence-corrected chi connectivity index (χ3v) is 7.31. The van der Waals surface area contributed by atoms with Gasteiger partial charge in [0.15, 0.2) is 0 Å². The average molecular weight is 463 g/mol. The van der Waals surface area contributed by atoms with Crippen molar-refractivity contribution in [3.05, 3.63) is 57.5 Å². The number of aryl methyl sites for hydroxylation is 2. The lowest BCUT2D eigenvalue weighted by atomic mass is 9.77. The summed E-state index contributed by atoms with van der Waals surface area (Å²) in [6.07, 6.45) is 2.35. The molecule has 170 valence electrons. The van der Waals surface area contributed by atoms with Gasteiger partial charge in [0, 0.05) is 16.5 Å². The van der Waals surface area contributed by atoms with Gasteiger partial charge in [-0.15, -0.1) is 11.3 Å². The number of aromatic nitrogens is 1. The molecular formula is C25H26N4O3S. The van der Waals surface area contributed by atoms with Crippen LogP contribution in [-0.2, 0) is 0 Å². The summed E-state index contributed by atoms with van der Waals surface area (Å²) < 4.78 is 7.00. The van der Waals surface area contributed by atoms with E-state index in [-0.39, 0.29) is 23.9 Å². The number of nitrogens with one attached hydrogen (secondary N) is 1. The quantitative estimate of drug-likeness (QED) is 0.544. The number of carbonyl (C=O) groups is 2. The molecular weight excluding hydrogens is 436 g/mol. The van der Waals surface area contributed by atoms with Crippen LogP contribution >= 0.6 is 11.3 Å². The molecule has 1 aliphatic carbocycles. The fourth-order valence-electron chi connectivity index (χ4n) is 4.25. The monoisotopic (exact) mass is 462 g/mol. The molecule has 0 radical (unpaired) electrons. The molecule has 1 aromatic carbocycles. The van der Waals surface area contributed by atoms with Crippen LogP contribution in [0.15, 0.2) is 30.3 Å². The van der Waals surface area contributed by atoms with E-state index in [9.17, 15) is 9.59 Å². The Balaban J connectivity index is 1.34. The maximum atomic E-state index is 12.4. The Kier molecular flexibility index (Phi) is 6.34. The molecule has 33 heavy (non-hydrogen) atoms. The summed E-state index contributed by atoms with van der Waals surface area (Å²) >= 11 is 1.59. The maximum Gasteiger partial charge on any atom is 0.254 e. The van der Waals surface area contributed by atoms with Crippen LogP contribution in [0.3, 0.4) is 0 Å². The van der Waals surface area contributed by atoms with Crippen molar-refractivity contribution in [2.24, 2.45) is 11.7 Å². The minimum atomic E-state index is -0.554. The van der Waals surface area contributed by atoms with Gasteiger partial charge in [-0.3, -0.25) is 9.59 Å². The predicted octanol–water partition coefficient (Wildman–Crippen LogP) is 4.25. The average Bonchev–Trinajstić information content (AvgIpc) is 3.04. The first kappa shape index (κ1) is 22.7. The van der Waals surface area contributed by atoms with Crippen molar-refractivity contribution in [2.45, 2.75) is 52.2 Å². The topological polar surface area (TPSA) is 118 Å². The van der Waals surface area contributed by atoms with E-state index < -0.39 is 5.91 Å². The highest BCUT2D eigenvalue weighted by Crippen LogP contribution is 2.35. The number of hydrogen-bond donors (Lipinski definition) is 2. The van der Waals surface area contributed by atoms with Crippen molar-refractivity contribution in [3.8, 4) is 11.9 Å². The van der Waals surface area contributed by atoms with E-state index in [1.54, 1.807) is 41.7 Å². The van der Waals surface area contributed by atoms with Crippen molar-refractivity contribution in [1.82, 2.24) is 10.3 Å². The minimum Gasteiger partial charge on any atom is -0.474 e. The third-order valence-electron chi connectivity index (χ3n) is 6.17. The molecule has 4 rings (SSSR count). The van der Waals surface area contributed by atoms with Gasteiger partial charge in [0.05, 0.1) is 28.0 Å². The number of amides is 2. The predicted molar refractivity (Wildman–Crippen MR) is 127 cm³/mol. The zero-order valence-electron chi connectivity index (χ0n) is 18.8. The van der Waals surface area contributed by atoms with Crippen LogP contribution in [0.25, 0.3) is 10.2 Å². The van der Waals surface area contributed by atoms with Crippen LogP contribution in [0, 0.1) is 31.1 Å². The van der Waals surface area contributed by atoms with E-state index >= 15 is 0 Å². The lowest BCUT2D eigenvalue weighted by Gasteiger charge is -2.37. The molecule has 1 aliphatic rings. The molecule has 0 aliphatic heterocycles. The van der Waals surface area contributed by atoms with Crippen LogP contribution in [0.4, 0.5) is 0 Å². The second kappa shape index (κ2) is 9.20. The van der Waals surface area contributed by atoms with Crippen LogP contribution in [-0.4, -0.2) is 28.9 Å². The standard InChI is InChI=1S/C25H26N4O3S/c1-13(32-25-20(23(27)30)11-21-22(29-25)14(2)15(3)33-21)7-17-9-19(10-17)28-24(31)18-6-4-5-16(8-18)12-26/h4-6,8,11,13,17,19H,7,9-10H2,1-3H3,(H2,27,30)(H,28,31)/t13-,17?,19?/m0/s1. The number of hydrogen-bond acceptors (Lipinski definition) is 6. The van der Waals surface area contributed by atoms with Gasteiger partial charge in [-0.1, -0.05) is 6.07 Å². The number of benzene rings is 1. The molecule has 2 amide bonds. The Bertz CT molecular complexity index is 1270. The molecule has 8 heteroatoms. The van der Waals surface area contributed by atoms with Gasteiger partial charge in [-0.2, -0.15) is 5.26 Å². The normalized spacial score (nSPS) is 18.2. The molecule has 3 aromatic rings. The molecule has 2 heterocycles. The number of ether oxygens (including phenoxy) is 1. The molecule has 0 unspecified atom stereocenters. The minimum absolute atomic E-state index is 0.104.